The maximum absolute atomic E-state index is 12.9. The van der Waals surface area contributed by atoms with Crippen LogP contribution >= 0.6 is 11.3 Å². The Morgan fingerprint density at radius 1 is 1.19 bits per heavy atom. The quantitative estimate of drug-likeness (QED) is 0.687. The molecule has 0 saturated heterocycles. The standard InChI is InChI=1S/C20H19FN2O2S/c1-25-18-5-3-2-4-17(18)20-23-16(13-26-20)10-11-22-19(24)12-14-6-8-15(21)9-7-14/h2-9,13H,10-12H2,1H3,(H,22,24). The summed E-state index contributed by atoms with van der Waals surface area (Å²) in [7, 11) is 1.64. The fourth-order valence-electron chi connectivity index (χ4n) is 2.55. The summed E-state index contributed by atoms with van der Waals surface area (Å²) in [6.45, 7) is 0.509. The molecule has 0 aliphatic heterocycles. The third-order valence-electron chi connectivity index (χ3n) is 3.87. The Labute approximate surface area is 155 Å². The van der Waals surface area contributed by atoms with Crippen molar-refractivity contribution in [2.24, 2.45) is 0 Å². The largest absolute Gasteiger partial charge is 0.496 e. The van der Waals surface area contributed by atoms with Crippen molar-refractivity contribution in [2.75, 3.05) is 13.7 Å². The molecule has 0 bridgehead atoms. The number of halogens is 1. The molecule has 134 valence electrons. The van der Waals surface area contributed by atoms with Gasteiger partial charge in [-0.1, -0.05) is 24.3 Å². The van der Waals surface area contributed by atoms with Crippen molar-refractivity contribution >= 4 is 17.2 Å². The minimum atomic E-state index is -0.302. The van der Waals surface area contributed by atoms with Gasteiger partial charge in [0.2, 0.25) is 5.91 Å². The number of rotatable bonds is 7. The van der Waals surface area contributed by atoms with Crippen LogP contribution < -0.4 is 10.1 Å². The Morgan fingerprint density at radius 2 is 1.96 bits per heavy atom. The van der Waals surface area contributed by atoms with Crippen molar-refractivity contribution in [1.82, 2.24) is 10.3 Å². The van der Waals surface area contributed by atoms with Crippen LogP contribution in [0.15, 0.2) is 53.9 Å². The smallest absolute Gasteiger partial charge is 0.224 e. The molecule has 3 aromatic rings. The van der Waals surface area contributed by atoms with E-state index in [9.17, 15) is 9.18 Å². The van der Waals surface area contributed by atoms with Gasteiger partial charge in [-0.2, -0.15) is 0 Å². The molecule has 1 heterocycles. The number of carbonyl (C=O) groups is 1. The summed E-state index contributed by atoms with van der Waals surface area (Å²) in [4.78, 5) is 16.6. The molecule has 0 aliphatic carbocycles. The Morgan fingerprint density at radius 3 is 2.73 bits per heavy atom. The van der Waals surface area contributed by atoms with Crippen LogP contribution in [-0.2, 0) is 17.6 Å². The first-order chi connectivity index (χ1) is 12.7. The molecule has 1 aromatic heterocycles. The van der Waals surface area contributed by atoms with Crippen LogP contribution in [0.4, 0.5) is 4.39 Å². The first-order valence-corrected chi connectivity index (χ1v) is 9.12. The average Bonchev–Trinajstić information content (AvgIpc) is 3.12. The van der Waals surface area contributed by atoms with E-state index in [4.69, 9.17) is 4.74 Å². The van der Waals surface area contributed by atoms with Crippen LogP contribution in [0.25, 0.3) is 10.6 Å². The summed E-state index contributed by atoms with van der Waals surface area (Å²) in [6.07, 6.45) is 0.893. The van der Waals surface area contributed by atoms with Gasteiger partial charge in [-0.05, 0) is 29.8 Å². The minimum absolute atomic E-state index is 0.0863. The molecular formula is C20H19FN2O2S. The zero-order valence-corrected chi connectivity index (χ0v) is 15.2. The Kier molecular flexibility index (Phi) is 5.96. The highest BCUT2D eigenvalue weighted by atomic mass is 32.1. The lowest BCUT2D eigenvalue weighted by Gasteiger charge is -2.05. The highest BCUT2D eigenvalue weighted by molar-refractivity contribution is 7.13. The van der Waals surface area contributed by atoms with Crippen LogP contribution in [0.2, 0.25) is 0 Å². The number of hydrogen-bond acceptors (Lipinski definition) is 4. The number of benzene rings is 2. The Bertz CT molecular complexity index is 878. The van der Waals surface area contributed by atoms with Crippen LogP contribution in [0.1, 0.15) is 11.3 Å². The molecule has 6 heteroatoms. The molecular weight excluding hydrogens is 351 g/mol. The van der Waals surface area contributed by atoms with Crippen molar-refractivity contribution in [3.05, 3.63) is 71.0 Å². The molecule has 1 N–H and O–H groups in total. The number of methoxy groups -OCH3 is 1. The predicted octanol–water partition coefficient (Wildman–Crippen LogP) is 3.86. The van der Waals surface area contributed by atoms with Gasteiger partial charge < -0.3 is 10.1 Å². The average molecular weight is 370 g/mol. The zero-order valence-electron chi connectivity index (χ0n) is 14.4. The van der Waals surface area contributed by atoms with E-state index in [0.717, 1.165) is 27.6 Å². The topological polar surface area (TPSA) is 51.2 Å². The number of amides is 1. The van der Waals surface area contributed by atoms with Crippen LogP contribution in [0, 0.1) is 5.82 Å². The lowest BCUT2D eigenvalue weighted by atomic mass is 10.1. The van der Waals surface area contributed by atoms with Crippen molar-refractivity contribution in [1.29, 1.82) is 0 Å². The summed E-state index contributed by atoms with van der Waals surface area (Å²) in [5, 5.41) is 5.77. The van der Waals surface area contributed by atoms with Crippen molar-refractivity contribution in [3.63, 3.8) is 0 Å². The molecule has 0 aliphatic rings. The third-order valence-corrected chi connectivity index (χ3v) is 4.79. The second-order valence-electron chi connectivity index (χ2n) is 5.75. The number of thiazole rings is 1. The SMILES string of the molecule is COc1ccccc1-c1nc(CCNC(=O)Cc2ccc(F)cc2)cs1. The number of para-hydroxylation sites is 1. The summed E-state index contributed by atoms with van der Waals surface area (Å²) < 4.78 is 18.2. The van der Waals surface area contributed by atoms with Gasteiger partial charge in [0, 0.05) is 18.3 Å². The van der Waals surface area contributed by atoms with E-state index in [1.54, 1.807) is 30.6 Å². The highest BCUT2D eigenvalue weighted by Gasteiger charge is 2.10. The van der Waals surface area contributed by atoms with Gasteiger partial charge >= 0.3 is 0 Å². The Balaban J connectivity index is 1.52. The molecule has 4 nitrogen and oxygen atoms in total. The molecule has 0 unspecified atom stereocenters. The maximum Gasteiger partial charge on any atom is 0.224 e. The Hall–Kier alpha value is -2.73. The van der Waals surface area contributed by atoms with Crippen molar-refractivity contribution in [2.45, 2.75) is 12.8 Å². The molecule has 3 rings (SSSR count). The number of nitrogens with zero attached hydrogens (tertiary/aromatic N) is 1. The molecule has 26 heavy (non-hydrogen) atoms. The second-order valence-corrected chi connectivity index (χ2v) is 6.61. The van der Waals surface area contributed by atoms with E-state index in [0.29, 0.717) is 13.0 Å². The van der Waals surface area contributed by atoms with Crippen LogP contribution in [-0.4, -0.2) is 24.5 Å². The number of hydrogen-bond donors (Lipinski definition) is 1. The summed E-state index contributed by atoms with van der Waals surface area (Å²) in [6, 6.07) is 13.7. The molecule has 0 radical (unpaired) electrons. The van der Waals surface area contributed by atoms with E-state index in [-0.39, 0.29) is 18.1 Å². The van der Waals surface area contributed by atoms with Crippen molar-refractivity contribution in [3.8, 4) is 16.3 Å². The third kappa shape index (κ3) is 4.67. The highest BCUT2D eigenvalue weighted by Crippen LogP contribution is 2.31. The molecule has 1 amide bonds. The van der Waals surface area contributed by atoms with Gasteiger partial charge in [0.1, 0.15) is 16.6 Å². The van der Waals surface area contributed by atoms with Crippen molar-refractivity contribution < 1.29 is 13.9 Å². The number of ether oxygens (including phenoxy) is 1. The zero-order chi connectivity index (χ0) is 18.4. The first-order valence-electron chi connectivity index (χ1n) is 8.24. The molecule has 0 spiro atoms. The molecule has 0 fully saturated rings. The van der Waals surface area contributed by atoms with Gasteiger partial charge in [0.25, 0.3) is 0 Å². The normalized spacial score (nSPS) is 10.5. The molecule has 2 aromatic carbocycles. The number of carbonyl (C=O) groups excluding carboxylic acids is 1. The first kappa shape index (κ1) is 18.1. The van der Waals surface area contributed by atoms with E-state index >= 15 is 0 Å². The fraction of sp³-hybridized carbons (Fsp3) is 0.200. The predicted molar refractivity (Wildman–Crippen MR) is 101 cm³/mol. The summed E-state index contributed by atoms with van der Waals surface area (Å²) in [5.74, 6) is 0.404. The van der Waals surface area contributed by atoms with E-state index in [1.807, 2.05) is 29.6 Å². The number of nitrogens with one attached hydrogen (secondary N) is 1. The van der Waals surface area contributed by atoms with Gasteiger partial charge in [0.15, 0.2) is 0 Å². The monoisotopic (exact) mass is 370 g/mol. The van der Waals surface area contributed by atoms with Gasteiger partial charge in [-0.25, -0.2) is 9.37 Å². The van der Waals surface area contributed by atoms with Crippen LogP contribution in [0.3, 0.4) is 0 Å². The van der Waals surface area contributed by atoms with Gasteiger partial charge in [-0.3, -0.25) is 4.79 Å². The molecule has 0 atom stereocenters. The molecule has 0 saturated carbocycles. The van der Waals surface area contributed by atoms with Gasteiger partial charge in [-0.15, -0.1) is 11.3 Å². The second kappa shape index (κ2) is 8.58. The number of aromatic nitrogens is 1. The lowest BCUT2D eigenvalue weighted by molar-refractivity contribution is -0.120. The maximum atomic E-state index is 12.9. The summed E-state index contributed by atoms with van der Waals surface area (Å²) >= 11 is 1.56. The van der Waals surface area contributed by atoms with E-state index < -0.39 is 0 Å². The van der Waals surface area contributed by atoms with E-state index in [2.05, 4.69) is 10.3 Å². The van der Waals surface area contributed by atoms with Gasteiger partial charge in [0.05, 0.1) is 24.8 Å². The van der Waals surface area contributed by atoms with Crippen LogP contribution in [0.5, 0.6) is 5.75 Å². The fourth-order valence-corrected chi connectivity index (χ4v) is 3.43. The minimum Gasteiger partial charge on any atom is -0.496 e. The summed E-state index contributed by atoms with van der Waals surface area (Å²) in [5.41, 5.74) is 2.68. The van der Waals surface area contributed by atoms with E-state index in [1.165, 1.54) is 12.1 Å². The lowest BCUT2D eigenvalue weighted by Crippen LogP contribution is -2.27.